The lowest BCUT2D eigenvalue weighted by Crippen LogP contribution is -2.17. The molecule has 0 amide bonds. The molecule has 5 nitrogen and oxygen atoms in total. The van der Waals surface area contributed by atoms with Gasteiger partial charge in [-0.25, -0.2) is 0 Å². The first-order valence-electron chi connectivity index (χ1n) is 2.69. The molecule has 0 radical (unpaired) electrons. The molecule has 0 aromatic heterocycles. The van der Waals surface area contributed by atoms with E-state index in [0.29, 0.717) is 6.54 Å². The number of hydrogen-bond donors (Lipinski definition) is 4. The van der Waals surface area contributed by atoms with Gasteiger partial charge in [-0.1, -0.05) is 11.8 Å². The molecule has 0 aliphatic heterocycles. The number of nitrogens with zero attached hydrogens (tertiary/aromatic N) is 1. The summed E-state index contributed by atoms with van der Waals surface area (Å²) in [5.41, 5.74) is 5.07. The summed E-state index contributed by atoms with van der Waals surface area (Å²) in [5, 5.41) is 13.0. The molecule has 0 bridgehead atoms. The molecule has 0 saturated carbocycles. The Balaban J connectivity index is -0.000000405. The van der Waals surface area contributed by atoms with Crippen LogP contribution in [0.5, 0.6) is 0 Å². The molecular formula is C4H13Br2N5S. The first-order valence-corrected chi connectivity index (χ1v) is 3.68. The molecule has 0 rings (SSSR count). The van der Waals surface area contributed by atoms with E-state index in [-0.39, 0.29) is 39.1 Å². The zero-order valence-corrected chi connectivity index (χ0v) is 10.6. The fourth-order valence-electron chi connectivity index (χ4n) is 0.337. The Labute approximate surface area is 96.8 Å². The lowest BCUT2D eigenvalue weighted by molar-refractivity contribution is 0.989. The Morgan fingerprint density at radius 1 is 1.58 bits per heavy atom. The number of thioether (sulfide) groups is 1. The van der Waals surface area contributed by atoms with Crippen LogP contribution in [0.15, 0.2) is 5.10 Å². The predicted octanol–water partition coefficient (Wildman–Crippen LogP) is 0.260. The fraction of sp³-hybridized carbons (Fsp3) is 0.500. The van der Waals surface area contributed by atoms with Gasteiger partial charge in [0.25, 0.3) is 0 Å². The predicted molar refractivity (Wildman–Crippen MR) is 65.7 cm³/mol. The first-order chi connectivity index (χ1) is 4.77. The molecule has 0 aliphatic rings. The summed E-state index contributed by atoms with van der Waals surface area (Å²) in [4.78, 5) is 0. The van der Waals surface area contributed by atoms with Gasteiger partial charge in [-0.2, -0.15) is 5.10 Å². The van der Waals surface area contributed by atoms with Crippen molar-refractivity contribution in [3.05, 3.63) is 0 Å². The second-order valence-corrected chi connectivity index (χ2v) is 2.58. The molecule has 12 heavy (non-hydrogen) atoms. The second-order valence-electron chi connectivity index (χ2n) is 1.45. The van der Waals surface area contributed by atoms with E-state index in [1.165, 1.54) is 18.1 Å². The van der Waals surface area contributed by atoms with Gasteiger partial charge in [-0.05, 0) is 0 Å². The van der Waals surface area contributed by atoms with Crippen LogP contribution in [0.25, 0.3) is 0 Å². The summed E-state index contributed by atoms with van der Waals surface area (Å²) in [7, 11) is 0. The minimum Gasteiger partial charge on any atom is -0.379 e. The second kappa shape index (κ2) is 13.6. The number of halogens is 2. The summed E-state index contributed by atoms with van der Waals surface area (Å²) in [6.45, 7) is 0.713. The molecule has 0 aromatic rings. The zero-order chi connectivity index (χ0) is 7.82. The number of amidine groups is 1. The van der Waals surface area contributed by atoms with Crippen LogP contribution in [0.1, 0.15) is 0 Å². The summed E-state index contributed by atoms with van der Waals surface area (Å²) in [6.07, 6.45) is 1.40. The van der Waals surface area contributed by atoms with Crippen molar-refractivity contribution in [2.75, 3.05) is 12.3 Å². The van der Waals surface area contributed by atoms with Crippen LogP contribution in [0.4, 0.5) is 0 Å². The van der Waals surface area contributed by atoms with Crippen molar-refractivity contribution in [1.82, 2.24) is 5.32 Å². The SMILES string of the molecule is Br.Br.N=C(N)SCCN/C=N/N. The Kier molecular flexibility index (Phi) is 20.4. The van der Waals surface area contributed by atoms with E-state index in [0.717, 1.165) is 5.75 Å². The summed E-state index contributed by atoms with van der Waals surface area (Å²) >= 11 is 1.28. The fourth-order valence-corrected chi connectivity index (χ4v) is 0.777. The molecule has 0 aliphatic carbocycles. The number of hydrazone groups is 1. The molecule has 0 unspecified atom stereocenters. The highest BCUT2D eigenvalue weighted by Gasteiger charge is 1.87. The Morgan fingerprint density at radius 2 is 2.17 bits per heavy atom. The smallest absolute Gasteiger partial charge is 0.151 e. The normalized spacial score (nSPS) is 8.33. The van der Waals surface area contributed by atoms with Crippen LogP contribution in [0.2, 0.25) is 0 Å². The van der Waals surface area contributed by atoms with Gasteiger partial charge in [0, 0.05) is 12.3 Å². The molecule has 0 aromatic carbocycles. The van der Waals surface area contributed by atoms with Gasteiger partial charge in [0.15, 0.2) is 5.17 Å². The lowest BCUT2D eigenvalue weighted by Gasteiger charge is -1.97. The molecule has 0 fully saturated rings. The van der Waals surface area contributed by atoms with Gasteiger partial charge in [-0.15, -0.1) is 34.0 Å². The largest absolute Gasteiger partial charge is 0.379 e. The Bertz CT molecular complexity index is 131. The quantitative estimate of drug-likeness (QED) is 0.196. The average Bonchev–Trinajstić information content (AvgIpc) is 1.87. The van der Waals surface area contributed by atoms with E-state index in [2.05, 4.69) is 10.4 Å². The highest BCUT2D eigenvalue weighted by Crippen LogP contribution is 1.93. The minimum atomic E-state index is 0. The molecule has 8 heteroatoms. The van der Waals surface area contributed by atoms with Gasteiger partial charge < -0.3 is 16.9 Å². The maximum Gasteiger partial charge on any atom is 0.151 e. The van der Waals surface area contributed by atoms with Crippen LogP contribution in [0, 0.1) is 5.41 Å². The van der Waals surface area contributed by atoms with Crippen molar-refractivity contribution in [1.29, 1.82) is 5.41 Å². The molecule has 0 atom stereocenters. The van der Waals surface area contributed by atoms with Crippen LogP contribution in [0.3, 0.4) is 0 Å². The van der Waals surface area contributed by atoms with Crippen molar-refractivity contribution in [3.8, 4) is 0 Å². The number of nitrogens with two attached hydrogens (primary N) is 2. The van der Waals surface area contributed by atoms with Crippen LogP contribution >= 0.6 is 45.7 Å². The first kappa shape index (κ1) is 18.0. The average molecular weight is 323 g/mol. The van der Waals surface area contributed by atoms with Crippen molar-refractivity contribution in [2.45, 2.75) is 0 Å². The van der Waals surface area contributed by atoms with Crippen molar-refractivity contribution < 1.29 is 0 Å². The summed E-state index contributed by atoms with van der Waals surface area (Å²) in [6, 6.07) is 0. The standard InChI is InChI=1S/C4H11N5S.2BrH/c5-4(6)10-2-1-8-3-9-7;;/h3H,1-2,7H2,(H3,5,6)(H,8,9);2*1H. The third-order valence-electron chi connectivity index (χ3n) is 0.670. The number of nitrogens with one attached hydrogen (secondary N) is 2. The third kappa shape index (κ3) is 16.6. The number of hydrogen-bond acceptors (Lipinski definition) is 4. The zero-order valence-electron chi connectivity index (χ0n) is 6.32. The Hall–Kier alpha value is 0.0500. The third-order valence-corrected chi connectivity index (χ3v) is 1.39. The molecule has 0 saturated heterocycles. The van der Waals surface area contributed by atoms with Gasteiger partial charge in [0.1, 0.15) is 6.34 Å². The maximum absolute atomic E-state index is 6.83. The molecular weight excluding hydrogens is 310 g/mol. The summed E-state index contributed by atoms with van der Waals surface area (Å²) in [5.74, 6) is 5.56. The van der Waals surface area contributed by atoms with Crippen LogP contribution in [-0.4, -0.2) is 23.8 Å². The Morgan fingerprint density at radius 3 is 2.58 bits per heavy atom. The topological polar surface area (TPSA) is 100 Å². The lowest BCUT2D eigenvalue weighted by atomic mass is 10.8. The van der Waals surface area contributed by atoms with E-state index in [9.17, 15) is 0 Å². The molecule has 74 valence electrons. The van der Waals surface area contributed by atoms with Gasteiger partial charge in [0.05, 0.1) is 0 Å². The summed E-state index contributed by atoms with van der Waals surface area (Å²) < 4.78 is 0. The van der Waals surface area contributed by atoms with Crippen molar-refractivity contribution >= 4 is 57.2 Å². The monoisotopic (exact) mass is 321 g/mol. The van der Waals surface area contributed by atoms with Crippen LogP contribution < -0.4 is 16.9 Å². The highest BCUT2D eigenvalue weighted by molar-refractivity contribution is 8.93. The maximum atomic E-state index is 6.83. The van der Waals surface area contributed by atoms with E-state index in [1.54, 1.807) is 0 Å². The van der Waals surface area contributed by atoms with Crippen LogP contribution in [-0.2, 0) is 0 Å². The van der Waals surface area contributed by atoms with Gasteiger partial charge >= 0.3 is 0 Å². The van der Waals surface area contributed by atoms with E-state index in [4.69, 9.17) is 17.0 Å². The molecule has 0 spiro atoms. The highest BCUT2D eigenvalue weighted by atomic mass is 79.9. The minimum absolute atomic E-state index is 0. The van der Waals surface area contributed by atoms with Gasteiger partial charge in [-0.3, -0.25) is 5.41 Å². The van der Waals surface area contributed by atoms with E-state index < -0.39 is 0 Å². The molecule has 0 heterocycles. The van der Waals surface area contributed by atoms with Gasteiger partial charge in [0.2, 0.25) is 0 Å². The van der Waals surface area contributed by atoms with E-state index in [1.807, 2.05) is 0 Å². The van der Waals surface area contributed by atoms with E-state index >= 15 is 0 Å². The molecule has 6 N–H and O–H groups in total. The van der Waals surface area contributed by atoms with Crippen molar-refractivity contribution in [3.63, 3.8) is 0 Å². The van der Waals surface area contributed by atoms with Crippen molar-refractivity contribution in [2.24, 2.45) is 16.7 Å². The number of rotatable bonds is 4.